The van der Waals surface area contributed by atoms with Crippen LogP contribution in [0.25, 0.3) is 5.78 Å². The fraction of sp³-hybridized carbons (Fsp3) is 0.655. The third kappa shape index (κ3) is 6.20. The first-order valence-electron chi connectivity index (χ1n) is 13.9. The second-order valence-corrected chi connectivity index (χ2v) is 11.2. The molecule has 208 valence electrons. The fourth-order valence-corrected chi connectivity index (χ4v) is 5.19. The summed E-state index contributed by atoms with van der Waals surface area (Å²) in [5.41, 5.74) is 4.37. The van der Waals surface area contributed by atoms with Crippen LogP contribution in [0.2, 0.25) is 0 Å². The zero-order chi connectivity index (χ0) is 27.6. The number of carbonyl (C=O) groups is 1. The van der Waals surface area contributed by atoms with E-state index in [2.05, 4.69) is 52.9 Å². The van der Waals surface area contributed by atoms with E-state index in [0.29, 0.717) is 17.5 Å². The predicted octanol–water partition coefficient (Wildman–Crippen LogP) is 4.26. The van der Waals surface area contributed by atoms with Crippen molar-refractivity contribution in [2.75, 3.05) is 33.3 Å². The maximum Gasteiger partial charge on any atom is 0.253 e. The van der Waals surface area contributed by atoms with Gasteiger partial charge < -0.3 is 19.3 Å². The first-order valence-corrected chi connectivity index (χ1v) is 13.9. The monoisotopic (exact) mass is 524 g/mol. The summed E-state index contributed by atoms with van der Waals surface area (Å²) in [4.78, 5) is 25.9. The van der Waals surface area contributed by atoms with E-state index in [9.17, 15) is 4.79 Å². The minimum atomic E-state index is 0.0543. The number of hydrogen-bond acceptors (Lipinski definition) is 7. The summed E-state index contributed by atoms with van der Waals surface area (Å²) < 4.78 is 13.5. The third-order valence-corrected chi connectivity index (χ3v) is 8.18. The average molecular weight is 525 g/mol. The van der Waals surface area contributed by atoms with Gasteiger partial charge in [0.05, 0.1) is 24.0 Å². The maximum atomic E-state index is 12.6. The van der Waals surface area contributed by atoms with Gasteiger partial charge in [-0.15, -0.1) is 5.10 Å². The zero-order valence-corrected chi connectivity index (χ0v) is 24.3. The number of allylic oxidation sites excluding steroid dienone is 4. The summed E-state index contributed by atoms with van der Waals surface area (Å²) in [6.45, 7) is 17.8. The van der Waals surface area contributed by atoms with Crippen LogP contribution in [-0.2, 0) is 9.53 Å². The molecule has 0 aromatic carbocycles. The molecule has 0 spiro atoms. The summed E-state index contributed by atoms with van der Waals surface area (Å²) in [6.07, 6.45) is 7.64. The number of aromatic nitrogens is 4. The van der Waals surface area contributed by atoms with Crippen LogP contribution in [0.4, 0.5) is 0 Å². The number of hydrogen-bond donors (Lipinski definition) is 0. The van der Waals surface area contributed by atoms with E-state index in [1.165, 1.54) is 11.3 Å². The molecule has 3 atom stereocenters. The summed E-state index contributed by atoms with van der Waals surface area (Å²) in [6, 6.07) is 0. The molecule has 0 saturated carbocycles. The van der Waals surface area contributed by atoms with Crippen LogP contribution in [-0.4, -0.2) is 80.8 Å². The number of rotatable bonds is 10. The SMILES string of the molecule is COC1CN(C(=O)[C@@H](C)CC[C@H](C)/C(C)=C/C=C(\C)N2CC[C@@H](Oc3c(C)nc4nc(C)nn4c3C)C2)C1. The number of amides is 1. The summed E-state index contributed by atoms with van der Waals surface area (Å²) in [5, 5.41) is 4.45. The first-order chi connectivity index (χ1) is 18.1. The number of methoxy groups -OCH3 is 1. The largest absolute Gasteiger partial charge is 0.485 e. The third-order valence-electron chi connectivity index (χ3n) is 8.18. The van der Waals surface area contributed by atoms with Gasteiger partial charge in [0.2, 0.25) is 5.91 Å². The smallest absolute Gasteiger partial charge is 0.253 e. The molecule has 0 aliphatic carbocycles. The first kappa shape index (κ1) is 28.1. The molecular formula is C29H44N6O3. The standard InChI is InChI=1S/C29H44N6O3/c1-18(9-10-20(3)28(36)34-16-26(17-34)37-8)19(2)11-12-21(4)33-14-13-25(15-33)38-27-22(5)30-29-31-24(7)32-35(29)23(27)6/h11-12,18,20,25-26H,9-10,13-17H2,1-8H3/b19-11+,21-12+/t18-,20-,25+/m0/s1. The molecule has 2 saturated heterocycles. The number of fused-ring (bicyclic) bond motifs is 1. The molecule has 9 nitrogen and oxygen atoms in total. The molecule has 0 unspecified atom stereocenters. The van der Waals surface area contributed by atoms with Gasteiger partial charge >= 0.3 is 0 Å². The Balaban J connectivity index is 1.27. The van der Waals surface area contributed by atoms with Crippen LogP contribution in [0.15, 0.2) is 23.4 Å². The highest BCUT2D eigenvalue weighted by Crippen LogP contribution is 2.27. The molecule has 0 radical (unpaired) electrons. The molecule has 4 rings (SSSR count). The van der Waals surface area contributed by atoms with Crippen molar-refractivity contribution in [3.63, 3.8) is 0 Å². The Morgan fingerprint density at radius 2 is 1.68 bits per heavy atom. The lowest BCUT2D eigenvalue weighted by atomic mass is 9.91. The minimum Gasteiger partial charge on any atom is -0.485 e. The van der Waals surface area contributed by atoms with Crippen LogP contribution in [0.5, 0.6) is 5.75 Å². The molecule has 1 amide bonds. The van der Waals surface area contributed by atoms with E-state index in [1.54, 1.807) is 11.6 Å². The van der Waals surface area contributed by atoms with Gasteiger partial charge in [0.15, 0.2) is 5.75 Å². The summed E-state index contributed by atoms with van der Waals surface area (Å²) in [5.74, 6) is 2.87. The second-order valence-electron chi connectivity index (χ2n) is 11.2. The van der Waals surface area contributed by atoms with Crippen LogP contribution >= 0.6 is 0 Å². The van der Waals surface area contributed by atoms with Crippen LogP contribution in [0, 0.1) is 32.6 Å². The quantitative estimate of drug-likeness (QED) is 0.429. The van der Waals surface area contributed by atoms with Crippen molar-refractivity contribution in [2.45, 2.75) is 79.9 Å². The van der Waals surface area contributed by atoms with Gasteiger partial charge in [0.25, 0.3) is 5.78 Å². The predicted molar refractivity (Wildman–Crippen MR) is 148 cm³/mol. The minimum absolute atomic E-state index is 0.0543. The Bertz CT molecular complexity index is 1210. The number of ether oxygens (including phenoxy) is 2. The molecule has 2 aliphatic heterocycles. The highest BCUT2D eigenvalue weighted by Gasteiger charge is 2.32. The fourth-order valence-electron chi connectivity index (χ4n) is 5.19. The van der Waals surface area contributed by atoms with Crippen LogP contribution < -0.4 is 4.74 Å². The van der Waals surface area contributed by atoms with Crippen molar-refractivity contribution in [3.05, 3.63) is 40.6 Å². The van der Waals surface area contributed by atoms with Gasteiger partial charge in [-0.1, -0.05) is 25.5 Å². The molecule has 4 heterocycles. The van der Waals surface area contributed by atoms with Gasteiger partial charge in [0.1, 0.15) is 11.9 Å². The Hall–Kier alpha value is -2.94. The van der Waals surface area contributed by atoms with Crippen molar-refractivity contribution in [3.8, 4) is 5.75 Å². The van der Waals surface area contributed by atoms with E-state index < -0.39 is 0 Å². The van der Waals surface area contributed by atoms with Crippen LogP contribution in [0.1, 0.15) is 64.2 Å². The van der Waals surface area contributed by atoms with E-state index in [0.717, 1.165) is 62.6 Å². The molecule has 2 fully saturated rings. The normalized spacial score (nSPS) is 20.7. The van der Waals surface area contributed by atoms with E-state index in [-0.39, 0.29) is 24.0 Å². The summed E-state index contributed by atoms with van der Waals surface area (Å²) in [7, 11) is 1.71. The molecule has 0 bridgehead atoms. The van der Waals surface area contributed by atoms with Gasteiger partial charge in [-0.05, 0) is 59.5 Å². The van der Waals surface area contributed by atoms with Crippen molar-refractivity contribution in [1.29, 1.82) is 0 Å². The van der Waals surface area contributed by atoms with E-state index in [4.69, 9.17) is 9.47 Å². The zero-order valence-electron chi connectivity index (χ0n) is 24.3. The molecule has 2 aliphatic rings. The lowest BCUT2D eigenvalue weighted by molar-refractivity contribution is -0.147. The van der Waals surface area contributed by atoms with Gasteiger partial charge in [0, 0.05) is 44.8 Å². The van der Waals surface area contributed by atoms with E-state index in [1.807, 2.05) is 32.6 Å². The highest BCUT2D eigenvalue weighted by atomic mass is 16.5. The van der Waals surface area contributed by atoms with Gasteiger partial charge in [-0.2, -0.15) is 9.50 Å². The summed E-state index contributed by atoms with van der Waals surface area (Å²) >= 11 is 0. The maximum absolute atomic E-state index is 12.6. The van der Waals surface area contributed by atoms with Crippen molar-refractivity contribution >= 4 is 11.7 Å². The Morgan fingerprint density at radius 1 is 1.00 bits per heavy atom. The number of nitrogens with zero attached hydrogens (tertiary/aromatic N) is 6. The van der Waals surface area contributed by atoms with Crippen LogP contribution in [0.3, 0.4) is 0 Å². The Kier molecular flexibility index (Phi) is 8.75. The topological polar surface area (TPSA) is 85.1 Å². The van der Waals surface area contributed by atoms with Gasteiger partial charge in [-0.25, -0.2) is 4.98 Å². The average Bonchev–Trinajstić information content (AvgIpc) is 3.48. The molecule has 2 aromatic rings. The molecule has 2 aromatic heterocycles. The highest BCUT2D eigenvalue weighted by molar-refractivity contribution is 5.79. The number of likely N-dealkylation sites (tertiary alicyclic amines) is 2. The molecular weight excluding hydrogens is 480 g/mol. The molecule has 0 N–H and O–H groups in total. The lowest BCUT2D eigenvalue weighted by Crippen LogP contribution is -2.55. The lowest BCUT2D eigenvalue weighted by Gasteiger charge is -2.39. The molecule has 9 heteroatoms. The van der Waals surface area contributed by atoms with Crippen molar-refractivity contribution in [2.24, 2.45) is 11.8 Å². The number of aryl methyl sites for hydroxylation is 3. The van der Waals surface area contributed by atoms with E-state index >= 15 is 0 Å². The van der Waals surface area contributed by atoms with Gasteiger partial charge in [-0.3, -0.25) is 4.79 Å². The Morgan fingerprint density at radius 3 is 2.39 bits per heavy atom. The van der Waals surface area contributed by atoms with Crippen molar-refractivity contribution < 1.29 is 14.3 Å². The number of carbonyl (C=O) groups excluding carboxylic acids is 1. The Labute approximate surface area is 226 Å². The second kappa shape index (κ2) is 11.8. The van der Waals surface area contributed by atoms with Crippen molar-refractivity contribution in [1.82, 2.24) is 29.4 Å². The molecule has 38 heavy (non-hydrogen) atoms.